The van der Waals surface area contributed by atoms with Gasteiger partial charge in [-0.2, -0.15) is 0 Å². The molecule has 42 heavy (non-hydrogen) atoms. The molecule has 0 radical (unpaired) electrons. The number of carbonyl (C=O) groups is 1. The summed E-state index contributed by atoms with van der Waals surface area (Å²) >= 11 is 0. The largest absolute Gasteiger partial charge is 0.394 e. The zero-order chi connectivity index (χ0) is 30.7. The van der Waals surface area contributed by atoms with Crippen molar-refractivity contribution < 1.29 is 79.5 Å². The molecule has 238 valence electrons. The zero-order valence-corrected chi connectivity index (χ0v) is 22.1. The Morgan fingerprint density at radius 1 is 0.643 bits per heavy atom. The molecule has 1 aromatic rings. The van der Waals surface area contributed by atoms with Gasteiger partial charge >= 0.3 is 0 Å². The van der Waals surface area contributed by atoms with Crippen LogP contribution in [0.5, 0.6) is 0 Å². The van der Waals surface area contributed by atoms with E-state index in [2.05, 4.69) is 5.32 Å². The van der Waals surface area contributed by atoms with Gasteiger partial charge in [-0.3, -0.25) is 4.79 Å². The van der Waals surface area contributed by atoms with Crippen LogP contribution in [0.2, 0.25) is 0 Å². The number of ether oxygens (including phenoxy) is 5. The van der Waals surface area contributed by atoms with Crippen molar-refractivity contribution in [2.24, 2.45) is 0 Å². The molecule has 0 aromatic heterocycles. The van der Waals surface area contributed by atoms with Gasteiger partial charge in [0.25, 0.3) is 0 Å². The van der Waals surface area contributed by atoms with Crippen LogP contribution < -0.4 is 5.32 Å². The highest BCUT2D eigenvalue weighted by atomic mass is 16.8. The monoisotopic (exact) mass is 607 g/mol. The Labute approximate surface area is 239 Å². The van der Waals surface area contributed by atoms with Crippen molar-refractivity contribution in [2.75, 3.05) is 18.5 Å². The SMILES string of the molecule is O=C(CC1O[C@@H](O[C@@H]2C(CO)O[C@@H](O[C@@H]3C(CO)OC(O)C(O)[C@H]3O)C(O)[C@H]2O)C(O)[C@@H](O)[C@@H]1O)Nc1ccccc1. The lowest BCUT2D eigenvalue weighted by Gasteiger charge is -2.47. The van der Waals surface area contributed by atoms with Gasteiger partial charge in [0.05, 0.1) is 25.7 Å². The maximum atomic E-state index is 12.5. The standard InChI is InChI=1S/C25H37NO16/c27-7-11-21(16(32)18(34)23(37)38-11)41-25-20(36)17(33)22(12(8-28)40-25)42-24-19(35)15(31)14(30)10(39-24)6-13(29)26-9-4-2-1-3-5-9/h1-5,10-12,14-25,27-28,30-37H,6-8H2,(H,26,29)/t10?,11?,12?,14-,15+,16-,17-,18?,19?,20?,21-,22-,23?,24+,25+/m1/s1. The van der Waals surface area contributed by atoms with E-state index in [0.717, 1.165) is 0 Å². The van der Waals surface area contributed by atoms with E-state index in [1.54, 1.807) is 30.3 Å². The van der Waals surface area contributed by atoms with Crippen LogP contribution in [-0.2, 0) is 28.5 Å². The van der Waals surface area contributed by atoms with Crippen LogP contribution >= 0.6 is 0 Å². The highest BCUT2D eigenvalue weighted by Gasteiger charge is 2.53. The first-order valence-electron chi connectivity index (χ1n) is 13.2. The van der Waals surface area contributed by atoms with E-state index < -0.39 is 118 Å². The summed E-state index contributed by atoms with van der Waals surface area (Å²) < 4.78 is 27.1. The van der Waals surface area contributed by atoms with E-state index in [4.69, 9.17) is 23.7 Å². The fourth-order valence-electron chi connectivity index (χ4n) is 4.99. The molecular formula is C25H37NO16. The van der Waals surface area contributed by atoms with E-state index in [1.807, 2.05) is 0 Å². The molecule has 0 aliphatic carbocycles. The number of anilines is 1. The fraction of sp³-hybridized carbons (Fsp3) is 0.720. The first-order valence-corrected chi connectivity index (χ1v) is 13.2. The lowest BCUT2D eigenvalue weighted by molar-refractivity contribution is -0.376. The lowest BCUT2D eigenvalue weighted by Crippen LogP contribution is -2.66. The molecule has 0 spiro atoms. The first kappa shape index (κ1) is 33.0. The zero-order valence-electron chi connectivity index (χ0n) is 22.1. The van der Waals surface area contributed by atoms with Gasteiger partial charge in [0, 0.05) is 5.69 Å². The predicted octanol–water partition coefficient (Wildman–Crippen LogP) is -5.54. The molecule has 17 heteroatoms. The third-order valence-corrected chi connectivity index (χ3v) is 7.36. The number of hydrogen-bond donors (Lipinski definition) is 11. The quantitative estimate of drug-likeness (QED) is 0.125. The maximum absolute atomic E-state index is 12.5. The van der Waals surface area contributed by atoms with E-state index >= 15 is 0 Å². The number of para-hydroxylation sites is 1. The summed E-state index contributed by atoms with van der Waals surface area (Å²) in [5.74, 6) is -0.593. The molecule has 15 atom stereocenters. The molecular weight excluding hydrogens is 570 g/mol. The number of nitrogens with one attached hydrogen (secondary N) is 1. The average Bonchev–Trinajstić information content (AvgIpc) is 2.98. The minimum absolute atomic E-state index is 0.462. The third kappa shape index (κ3) is 7.07. The van der Waals surface area contributed by atoms with Gasteiger partial charge in [0.1, 0.15) is 67.1 Å². The Hall–Kier alpha value is -1.91. The number of aliphatic hydroxyl groups excluding tert-OH is 10. The van der Waals surface area contributed by atoms with Crippen LogP contribution in [0, 0.1) is 0 Å². The van der Waals surface area contributed by atoms with Crippen LogP contribution in [0.1, 0.15) is 6.42 Å². The summed E-state index contributed by atoms with van der Waals surface area (Å²) in [6.07, 6.45) is -26.2. The van der Waals surface area contributed by atoms with Crippen molar-refractivity contribution in [3.63, 3.8) is 0 Å². The van der Waals surface area contributed by atoms with Gasteiger partial charge in [-0.25, -0.2) is 0 Å². The molecule has 7 unspecified atom stereocenters. The summed E-state index contributed by atoms with van der Waals surface area (Å²) in [5.41, 5.74) is 0.462. The summed E-state index contributed by atoms with van der Waals surface area (Å²) in [5, 5.41) is 105. The van der Waals surface area contributed by atoms with E-state index in [9.17, 15) is 55.9 Å². The Kier molecular flexibility index (Phi) is 11.2. The Bertz CT molecular complexity index is 1000. The van der Waals surface area contributed by atoms with Crippen LogP contribution in [0.4, 0.5) is 5.69 Å². The molecule has 3 saturated heterocycles. The van der Waals surface area contributed by atoms with Gasteiger partial charge in [-0.05, 0) is 12.1 Å². The average molecular weight is 608 g/mol. The minimum atomic E-state index is -1.95. The van der Waals surface area contributed by atoms with Crippen LogP contribution in [0.25, 0.3) is 0 Å². The number of carbonyl (C=O) groups excluding carboxylic acids is 1. The molecule has 17 nitrogen and oxygen atoms in total. The second-order valence-corrected chi connectivity index (χ2v) is 10.3. The van der Waals surface area contributed by atoms with Gasteiger partial charge in [0.2, 0.25) is 5.91 Å². The number of aliphatic hydroxyl groups is 10. The van der Waals surface area contributed by atoms with Gasteiger partial charge < -0.3 is 80.1 Å². The summed E-state index contributed by atoms with van der Waals surface area (Å²) in [4.78, 5) is 12.5. The van der Waals surface area contributed by atoms with Crippen LogP contribution in [0.15, 0.2) is 30.3 Å². The summed E-state index contributed by atoms with van der Waals surface area (Å²) in [6, 6.07) is 8.37. The van der Waals surface area contributed by atoms with E-state index in [0.29, 0.717) is 5.69 Å². The molecule has 1 amide bonds. The van der Waals surface area contributed by atoms with Crippen molar-refractivity contribution in [1.82, 2.24) is 0 Å². The van der Waals surface area contributed by atoms with Gasteiger partial charge in [0.15, 0.2) is 18.9 Å². The Morgan fingerprint density at radius 3 is 1.71 bits per heavy atom. The number of benzene rings is 1. The predicted molar refractivity (Wildman–Crippen MR) is 134 cm³/mol. The second-order valence-electron chi connectivity index (χ2n) is 10.3. The Morgan fingerprint density at radius 2 is 1.14 bits per heavy atom. The smallest absolute Gasteiger partial charge is 0.227 e. The van der Waals surface area contributed by atoms with Crippen LogP contribution in [0.3, 0.4) is 0 Å². The Balaban J connectivity index is 1.42. The van der Waals surface area contributed by atoms with Crippen molar-refractivity contribution in [3.05, 3.63) is 30.3 Å². The molecule has 4 rings (SSSR count). The van der Waals surface area contributed by atoms with Gasteiger partial charge in [-0.15, -0.1) is 0 Å². The molecule has 1 aromatic carbocycles. The van der Waals surface area contributed by atoms with Crippen LogP contribution in [-0.4, -0.2) is 162 Å². The molecule has 3 fully saturated rings. The lowest BCUT2D eigenvalue weighted by atomic mass is 9.95. The molecule has 0 bridgehead atoms. The molecule has 0 saturated carbocycles. The highest BCUT2D eigenvalue weighted by Crippen LogP contribution is 2.32. The minimum Gasteiger partial charge on any atom is -0.394 e. The molecule has 3 aliphatic rings. The molecule has 3 heterocycles. The fourth-order valence-corrected chi connectivity index (χ4v) is 4.99. The van der Waals surface area contributed by atoms with Crippen molar-refractivity contribution >= 4 is 11.6 Å². The summed E-state index contributed by atoms with van der Waals surface area (Å²) in [7, 11) is 0. The number of hydrogen-bond acceptors (Lipinski definition) is 16. The maximum Gasteiger partial charge on any atom is 0.227 e. The van der Waals surface area contributed by atoms with Crippen molar-refractivity contribution in [3.8, 4) is 0 Å². The van der Waals surface area contributed by atoms with Gasteiger partial charge in [-0.1, -0.05) is 18.2 Å². The molecule has 11 N–H and O–H groups in total. The second kappa shape index (κ2) is 14.2. The third-order valence-electron chi connectivity index (χ3n) is 7.36. The molecule has 3 aliphatic heterocycles. The van der Waals surface area contributed by atoms with E-state index in [-0.39, 0.29) is 0 Å². The topological polar surface area (TPSA) is 278 Å². The first-order chi connectivity index (χ1) is 20.0. The number of rotatable bonds is 9. The highest BCUT2D eigenvalue weighted by molar-refractivity contribution is 5.91. The normalized spacial score (nSPS) is 44.5. The van der Waals surface area contributed by atoms with E-state index in [1.165, 1.54) is 0 Å². The van der Waals surface area contributed by atoms with Crippen molar-refractivity contribution in [1.29, 1.82) is 0 Å². The number of amides is 1. The summed E-state index contributed by atoms with van der Waals surface area (Å²) in [6.45, 7) is -1.62. The van der Waals surface area contributed by atoms with Crippen molar-refractivity contribution in [2.45, 2.75) is 98.5 Å².